The van der Waals surface area contributed by atoms with Gasteiger partial charge in [-0.2, -0.15) is 0 Å². The summed E-state index contributed by atoms with van der Waals surface area (Å²) in [6.45, 7) is 4.35. The van der Waals surface area contributed by atoms with Crippen LogP contribution < -0.4 is 20.9 Å². The van der Waals surface area contributed by atoms with Crippen LogP contribution in [0.5, 0.6) is 23.0 Å². The van der Waals surface area contributed by atoms with E-state index in [0.29, 0.717) is 34.4 Å². The van der Waals surface area contributed by atoms with Crippen molar-refractivity contribution in [3.05, 3.63) is 102 Å². The third-order valence-corrected chi connectivity index (χ3v) is 8.00. The number of hydrogen-bond donors (Lipinski definition) is 2. The first-order chi connectivity index (χ1) is 16.5. The van der Waals surface area contributed by atoms with E-state index in [1.54, 1.807) is 0 Å². The molecule has 8 heteroatoms. The Bertz CT molecular complexity index is 1220. The molecule has 4 N–H and O–H groups in total. The minimum atomic E-state index is -0.324. The Morgan fingerprint density at radius 3 is 1.11 bits per heavy atom. The molecule has 0 spiro atoms. The molecule has 0 aliphatic carbocycles. The van der Waals surface area contributed by atoms with Gasteiger partial charge in [0.25, 0.3) is 0 Å². The molecule has 0 radical (unpaired) electrons. The molecule has 0 bridgehead atoms. The van der Waals surface area contributed by atoms with Gasteiger partial charge in [-0.05, 0) is 148 Å². The average molecular weight is 726 g/mol. The number of halogens is 4. The zero-order valence-electron chi connectivity index (χ0n) is 18.9. The number of benzene rings is 4. The fourth-order valence-electron chi connectivity index (χ4n) is 3.51. The first-order valence-corrected chi connectivity index (χ1v) is 13.8. The highest BCUT2D eigenvalue weighted by Gasteiger charge is 2.27. The number of ether oxygens (including phenoxy) is 2. The molecule has 180 valence electrons. The van der Waals surface area contributed by atoms with E-state index in [0.717, 1.165) is 29.0 Å². The van der Waals surface area contributed by atoms with Gasteiger partial charge in [0, 0.05) is 16.8 Å². The van der Waals surface area contributed by atoms with E-state index < -0.39 is 0 Å². The third kappa shape index (κ3) is 5.88. The average Bonchev–Trinajstić information content (AvgIpc) is 2.80. The molecule has 4 aromatic carbocycles. The van der Waals surface area contributed by atoms with Crippen LogP contribution in [-0.4, -0.2) is 0 Å². The lowest BCUT2D eigenvalue weighted by Gasteiger charge is -2.28. The minimum absolute atomic E-state index is 0.324. The Labute approximate surface area is 238 Å². The number of nitrogens with two attached hydrogens (primary N) is 2. The molecule has 0 aliphatic rings. The molecule has 0 fully saturated rings. The minimum Gasteiger partial charge on any atom is -0.455 e. The summed E-state index contributed by atoms with van der Waals surface area (Å²) in [5.74, 6) is 2.81. The predicted octanol–water partition coefficient (Wildman–Crippen LogP) is 9.81. The topological polar surface area (TPSA) is 70.5 Å². The van der Waals surface area contributed by atoms with E-state index in [4.69, 9.17) is 20.9 Å². The zero-order chi connectivity index (χ0) is 25.3. The van der Waals surface area contributed by atoms with Gasteiger partial charge in [0.05, 0.1) is 17.9 Å². The van der Waals surface area contributed by atoms with Crippen LogP contribution in [0.4, 0.5) is 11.4 Å². The lowest BCUT2D eigenvalue weighted by Crippen LogP contribution is -2.19. The van der Waals surface area contributed by atoms with Crippen LogP contribution in [-0.2, 0) is 5.41 Å². The van der Waals surface area contributed by atoms with Gasteiger partial charge in [0.1, 0.15) is 11.5 Å². The van der Waals surface area contributed by atoms with E-state index in [9.17, 15) is 0 Å². The smallest absolute Gasteiger partial charge is 0.155 e. The van der Waals surface area contributed by atoms with Crippen molar-refractivity contribution in [2.45, 2.75) is 19.3 Å². The summed E-state index contributed by atoms with van der Waals surface area (Å²) in [5.41, 5.74) is 14.8. The molecule has 0 saturated carbocycles. The van der Waals surface area contributed by atoms with E-state index in [1.807, 2.05) is 48.5 Å². The molecule has 0 heterocycles. The SMILES string of the molecule is CC(C)(c1cc(Br)c(Oc2ccc(N)cc2)c(Br)c1)c1cc(Br)c(Oc2ccc(N)cc2)c(Br)c1. The van der Waals surface area contributed by atoms with Gasteiger partial charge in [0.15, 0.2) is 11.5 Å². The Morgan fingerprint density at radius 2 is 0.829 bits per heavy atom. The van der Waals surface area contributed by atoms with Gasteiger partial charge in [0.2, 0.25) is 0 Å². The Morgan fingerprint density at radius 1 is 0.543 bits per heavy atom. The molecule has 0 amide bonds. The third-order valence-electron chi connectivity index (χ3n) is 5.64. The van der Waals surface area contributed by atoms with Crippen LogP contribution in [0.15, 0.2) is 90.7 Å². The predicted molar refractivity (Wildman–Crippen MR) is 158 cm³/mol. The van der Waals surface area contributed by atoms with Crippen molar-refractivity contribution >= 4 is 75.1 Å². The number of nitrogen functional groups attached to an aromatic ring is 2. The largest absolute Gasteiger partial charge is 0.455 e. The lowest BCUT2D eigenvalue weighted by atomic mass is 9.78. The fraction of sp³-hybridized carbons (Fsp3) is 0.111. The van der Waals surface area contributed by atoms with Crippen molar-refractivity contribution in [1.29, 1.82) is 0 Å². The number of hydrogen-bond acceptors (Lipinski definition) is 4. The van der Waals surface area contributed by atoms with Crippen LogP contribution in [0.25, 0.3) is 0 Å². The quantitative estimate of drug-likeness (QED) is 0.194. The Balaban J connectivity index is 1.64. The van der Waals surface area contributed by atoms with Crippen molar-refractivity contribution < 1.29 is 9.47 Å². The van der Waals surface area contributed by atoms with E-state index in [2.05, 4.69) is 102 Å². The highest BCUT2D eigenvalue weighted by atomic mass is 79.9. The highest BCUT2D eigenvalue weighted by Crippen LogP contribution is 2.45. The normalized spacial score (nSPS) is 11.4. The molecule has 0 atom stereocenters. The number of rotatable bonds is 6. The second-order valence-electron chi connectivity index (χ2n) is 8.51. The Kier molecular flexibility index (Phi) is 7.86. The second kappa shape index (κ2) is 10.5. The highest BCUT2D eigenvalue weighted by molar-refractivity contribution is 9.11. The van der Waals surface area contributed by atoms with Crippen molar-refractivity contribution in [3.63, 3.8) is 0 Å². The summed E-state index contributed by atoms with van der Waals surface area (Å²) in [5, 5.41) is 0. The molecule has 0 aromatic heterocycles. The van der Waals surface area contributed by atoms with Crippen molar-refractivity contribution in [2.75, 3.05) is 11.5 Å². The van der Waals surface area contributed by atoms with Crippen molar-refractivity contribution in [3.8, 4) is 23.0 Å². The van der Waals surface area contributed by atoms with Gasteiger partial charge in [-0.3, -0.25) is 0 Å². The molecule has 0 unspecified atom stereocenters. The Hall–Kier alpha value is -2.00. The first kappa shape index (κ1) is 26.1. The van der Waals surface area contributed by atoms with Crippen LogP contribution in [0.1, 0.15) is 25.0 Å². The summed E-state index contributed by atoms with van der Waals surface area (Å²) < 4.78 is 15.6. The molecule has 4 rings (SSSR count). The standard InChI is InChI=1S/C27H22Br4N2O2/c1-27(2,15-11-21(28)25(22(29)12-15)34-19-7-3-17(32)4-8-19)16-13-23(30)26(24(31)14-16)35-20-9-5-18(33)6-10-20/h3-14H,32-33H2,1-2H3. The second-order valence-corrected chi connectivity index (χ2v) is 11.9. The maximum atomic E-state index is 6.10. The van der Waals surface area contributed by atoms with Crippen LogP contribution in [0, 0.1) is 0 Å². The molecule has 35 heavy (non-hydrogen) atoms. The zero-order valence-corrected chi connectivity index (χ0v) is 25.3. The van der Waals surface area contributed by atoms with Gasteiger partial charge in [-0.15, -0.1) is 0 Å². The van der Waals surface area contributed by atoms with Gasteiger partial charge >= 0.3 is 0 Å². The molecule has 0 saturated heterocycles. The monoisotopic (exact) mass is 722 g/mol. The van der Waals surface area contributed by atoms with Crippen LogP contribution in [0.3, 0.4) is 0 Å². The summed E-state index contributed by atoms with van der Waals surface area (Å²) in [7, 11) is 0. The van der Waals surface area contributed by atoms with E-state index >= 15 is 0 Å². The lowest BCUT2D eigenvalue weighted by molar-refractivity contribution is 0.474. The maximum absolute atomic E-state index is 6.10. The summed E-state index contributed by atoms with van der Waals surface area (Å²) in [4.78, 5) is 0. The van der Waals surface area contributed by atoms with Crippen molar-refractivity contribution in [1.82, 2.24) is 0 Å². The summed E-state index contributed by atoms with van der Waals surface area (Å²) >= 11 is 14.8. The van der Waals surface area contributed by atoms with Gasteiger partial charge < -0.3 is 20.9 Å². The number of anilines is 2. The molecule has 4 aromatic rings. The van der Waals surface area contributed by atoms with Gasteiger partial charge in [-0.25, -0.2) is 0 Å². The van der Waals surface area contributed by atoms with Crippen LogP contribution in [0.2, 0.25) is 0 Å². The summed E-state index contributed by atoms with van der Waals surface area (Å²) in [6.07, 6.45) is 0. The summed E-state index contributed by atoms with van der Waals surface area (Å²) in [6, 6.07) is 22.9. The molecule has 4 nitrogen and oxygen atoms in total. The molecule has 0 aliphatic heterocycles. The van der Waals surface area contributed by atoms with E-state index in [-0.39, 0.29) is 5.41 Å². The van der Waals surface area contributed by atoms with E-state index in [1.165, 1.54) is 0 Å². The molecular weight excluding hydrogens is 704 g/mol. The maximum Gasteiger partial charge on any atom is 0.155 e. The van der Waals surface area contributed by atoms with Crippen LogP contribution >= 0.6 is 63.7 Å². The molecular formula is C27H22Br4N2O2. The van der Waals surface area contributed by atoms with Crippen molar-refractivity contribution in [2.24, 2.45) is 0 Å². The fourth-order valence-corrected chi connectivity index (χ4v) is 6.21. The first-order valence-electron chi connectivity index (χ1n) is 10.6. The van der Waals surface area contributed by atoms with Gasteiger partial charge in [-0.1, -0.05) is 13.8 Å².